The van der Waals surface area contributed by atoms with Crippen LogP contribution in [0.3, 0.4) is 0 Å². The van der Waals surface area contributed by atoms with Crippen LogP contribution in [0.1, 0.15) is 35.2 Å². The monoisotopic (exact) mass is 341 g/mol. The third kappa shape index (κ3) is 4.48. The van der Waals surface area contributed by atoms with E-state index in [0.29, 0.717) is 12.5 Å². The molecule has 0 aromatic heterocycles. The molecular weight excluding hydrogens is 314 g/mol. The number of amides is 2. The molecule has 2 N–H and O–H groups in total. The van der Waals surface area contributed by atoms with Crippen LogP contribution in [0.4, 0.5) is 0 Å². The van der Waals surface area contributed by atoms with Gasteiger partial charge >= 0.3 is 0 Å². The largest absolute Gasteiger partial charge is 0.369 e. The maximum Gasteiger partial charge on any atom is 0.253 e. The molecule has 1 aromatic rings. The van der Waals surface area contributed by atoms with Gasteiger partial charge in [0.2, 0.25) is 5.91 Å². The highest BCUT2D eigenvalue weighted by Gasteiger charge is 2.27. The molecule has 134 valence electrons. The van der Waals surface area contributed by atoms with Gasteiger partial charge in [-0.15, -0.1) is 0 Å². The molecule has 2 amide bonds. The maximum absolute atomic E-state index is 12.6. The SMILES string of the molecule is Cc1cccc(C(=O)N2CCC(C3=CCN(CC(N)=O)CC3)CC2)c1. The van der Waals surface area contributed by atoms with Crippen molar-refractivity contribution in [2.24, 2.45) is 11.7 Å². The number of nitrogens with zero attached hydrogens (tertiary/aromatic N) is 2. The van der Waals surface area contributed by atoms with Crippen LogP contribution < -0.4 is 5.73 Å². The van der Waals surface area contributed by atoms with Crippen LogP contribution in [0.25, 0.3) is 0 Å². The van der Waals surface area contributed by atoms with Gasteiger partial charge in [0.1, 0.15) is 0 Å². The summed E-state index contributed by atoms with van der Waals surface area (Å²) in [7, 11) is 0. The van der Waals surface area contributed by atoms with Crippen molar-refractivity contribution in [3.63, 3.8) is 0 Å². The topological polar surface area (TPSA) is 66.6 Å². The number of primary amides is 1. The Bertz CT molecular complexity index is 675. The van der Waals surface area contributed by atoms with Gasteiger partial charge in [0, 0.05) is 31.7 Å². The Kier molecular flexibility index (Phi) is 5.53. The molecular formula is C20H27N3O2. The van der Waals surface area contributed by atoms with Crippen molar-refractivity contribution in [1.82, 2.24) is 9.80 Å². The molecule has 2 heterocycles. The number of hydrogen-bond acceptors (Lipinski definition) is 3. The molecule has 0 saturated carbocycles. The minimum Gasteiger partial charge on any atom is -0.369 e. The van der Waals surface area contributed by atoms with Crippen molar-refractivity contribution in [3.05, 3.63) is 47.0 Å². The molecule has 0 unspecified atom stereocenters. The molecule has 2 aliphatic rings. The average Bonchev–Trinajstić information content (AvgIpc) is 2.61. The van der Waals surface area contributed by atoms with E-state index in [1.165, 1.54) is 5.57 Å². The minimum absolute atomic E-state index is 0.146. The molecule has 25 heavy (non-hydrogen) atoms. The quantitative estimate of drug-likeness (QED) is 0.852. The van der Waals surface area contributed by atoms with E-state index in [-0.39, 0.29) is 11.8 Å². The van der Waals surface area contributed by atoms with E-state index in [9.17, 15) is 9.59 Å². The summed E-state index contributed by atoms with van der Waals surface area (Å²) >= 11 is 0. The molecule has 0 bridgehead atoms. The highest BCUT2D eigenvalue weighted by molar-refractivity contribution is 5.94. The first kappa shape index (κ1) is 17.7. The third-order valence-corrected chi connectivity index (χ3v) is 5.28. The zero-order chi connectivity index (χ0) is 17.8. The van der Waals surface area contributed by atoms with E-state index < -0.39 is 0 Å². The van der Waals surface area contributed by atoms with Crippen LogP contribution in [-0.2, 0) is 4.79 Å². The lowest BCUT2D eigenvalue weighted by atomic mass is 9.85. The Morgan fingerprint density at radius 3 is 2.56 bits per heavy atom. The number of aryl methyl sites for hydroxylation is 1. The second-order valence-electron chi connectivity index (χ2n) is 7.17. The fourth-order valence-corrected chi connectivity index (χ4v) is 3.88. The van der Waals surface area contributed by atoms with Crippen LogP contribution >= 0.6 is 0 Å². The molecule has 0 spiro atoms. The third-order valence-electron chi connectivity index (χ3n) is 5.28. The molecule has 0 radical (unpaired) electrons. The Morgan fingerprint density at radius 1 is 1.20 bits per heavy atom. The van der Waals surface area contributed by atoms with E-state index in [2.05, 4.69) is 11.0 Å². The predicted octanol–water partition coefficient (Wildman–Crippen LogP) is 1.96. The number of carbonyl (C=O) groups excluding carboxylic acids is 2. The van der Waals surface area contributed by atoms with Crippen molar-refractivity contribution in [2.75, 3.05) is 32.7 Å². The molecule has 3 rings (SSSR count). The average molecular weight is 341 g/mol. The normalized spacial score (nSPS) is 19.6. The molecule has 5 heteroatoms. The standard InChI is InChI=1S/C20H27N3O2/c1-15-3-2-4-18(13-15)20(25)23-11-7-17(8-12-23)16-5-9-22(10-6-16)14-19(21)24/h2-5,13,17H,6-12,14H2,1H3,(H2,21,24). The number of nitrogens with two attached hydrogens (primary N) is 1. The van der Waals surface area contributed by atoms with Gasteiger partial charge in [0.25, 0.3) is 5.91 Å². The van der Waals surface area contributed by atoms with Gasteiger partial charge < -0.3 is 10.6 Å². The summed E-state index contributed by atoms with van der Waals surface area (Å²) in [4.78, 5) is 27.7. The van der Waals surface area contributed by atoms with Gasteiger partial charge in [-0.25, -0.2) is 0 Å². The van der Waals surface area contributed by atoms with Crippen LogP contribution in [0, 0.1) is 12.8 Å². The fraction of sp³-hybridized carbons (Fsp3) is 0.500. The van der Waals surface area contributed by atoms with Crippen molar-refractivity contribution < 1.29 is 9.59 Å². The van der Waals surface area contributed by atoms with Gasteiger partial charge in [-0.1, -0.05) is 29.3 Å². The highest BCUT2D eigenvalue weighted by Crippen LogP contribution is 2.29. The van der Waals surface area contributed by atoms with E-state index >= 15 is 0 Å². The summed E-state index contributed by atoms with van der Waals surface area (Å²) in [6, 6.07) is 7.82. The molecule has 2 aliphatic heterocycles. The predicted molar refractivity (Wildman–Crippen MR) is 98.1 cm³/mol. The Labute approximate surface area is 149 Å². The number of likely N-dealkylation sites (tertiary alicyclic amines) is 1. The molecule has 0 aliphatic carbocycles. The van der Waals surface area contributed by atoms with Gasteiger partial charge in [-0.05, 0) is 44.2 Å². The second kappa shape index (κ2) is 7.83. The zero-order valence-corrected chi connectivity index (χ0v) is 14.9. The first-order valence-corrected chi connectivity index (χ1v) is 9.08. The molecule has 1 saturated heterocycles. The van der Waals surface area contributed by atoms with Gasteiger partial charge in [-0.3, -0.25) is 14.5 Å². The van der Waals surface area contributed by atoms with Gasteiger partial charge in [0.05, 0.1) is 6.54 Å². The molecule has 1 aromatic carbocycles. The smallest absolute Gasteiger partial charge is 0.253 e. The van der Waals surface area contributed by atoms with E-state index in [1.54, 1.807) is 0 Å². The van der Waals surface area contributed by atoms with Crippen molar-refractivity contribution in [3.8, 4) is 0 Å². The summed E-state index contributed by atoms with van der Waals surface area (Å²) in [5.41, 5.74) is 8.66. The lowest BCUT2D eigenvalue weighted by molar-refractivity contribution is -0.119. The summed E-state index contributed by atoms with van der Waals surface area (Å²) in [5.74, 6) is 0.449. The van der Waals surface area contributed by atoms with Crippen molar-refractivity contribution >= 4 is 11.8 Å². The van der Waals surface area contributed by atoms with Crippen molar-refractivity contribution in [2.45, 2.75) is 26.2 Å². The van der Waals surface area contributed by atoms with E-state index in [1.807, 2.05) is 36.1 Å². The number of piperidine rings is 1. The summed E-state index contributed by atoms with van der Waals surface area (Å²) in [5, 5.41) is 0. The van der Waals surface area contributed by atoms with E-state index in [0.717, 1.165) is 56.6 Å². The molecule has 1 fully saturated rings. The second-order valence-corrected chi connectivity index (χ2v) is 7.17. The van der Waals surface area contributed by atoms with Gasteiger partial charge in [0.15, 0.2) is 0 Å². The lowest BCUT2D eigenvalue weighted by Crippen LogP contribution is -2.40. The van der Waals surface area contributed by atoms with Crippen LogP contribution in [0.15, 0.2) is 35.9 Å². The first-order valence-electron chi connectivity index (χ1n) is 9.08. The number of rotatable bonds is 4. The Morgan fingerprint density at radius 2 is 1.96 bits per heavy atom. The first-order chi connectivity index (χ1) is 12.0. The lowest BCUT2D eigenvalue weighted by Gasteiger charge is -2.35. The van der Waals surface area contributed by atoms with Crippen molar-refractivity contribution in [1.29, 1.82) is 0 Å². The zero-order valence-electron chi connectivity index (χ0n) is 14.9. The molecule has 0 atom stereocenters. The fourth-order valence-electron chi connectivity index (χ4n) is 3.88. The van der Waals surface area contributed by atoms with Gasteiger partial charge in [-0.2, -0.15) is 0 Å². The Hall–Kier alpha value is -2.14. The summed E-state index contributed by atoms with van der Waals surface area (Å²) < 4.78 is 0. The summed E-state index contributed by atoms with van der Waals surface area (Å²) in [6.07, 6.45) is 5.32. The summed E-state index contributed by atoms with van der Waals surface area (Å²) in [6.45, 7) is 5.70. The van der Waals surface area contributed by atoms with Crippen LogP contribution in [-0.4, -0.2) is 54.3 Å². The highest BCUT2D eigenvalue weighted by atomic mass is 16.2. The van der Waals surface area contributed by atoms with Crippen LogP contribution in [0.5, 0.6) is 0 Å². The minimum atomic E-state index is -0.264. The number of benzene rings is 1. The number of carbonyl (C=O) groups is 2. The Balaban J connectivity index is 1.53. The van der Waals surface area contributed by atoms with E-state index in [4.69, 9.17) is 5.73 Å². The maximum atomic E-state index is 12.6. The van der Waals surface area contributed by atoms with Crippen LogP contribution in [0.2, 0.25) is 0 Å². The molecule has 5 nitrogen and oxygen atoms in total. The number of hydrogen-bond donors (Lipinski definition) is 1.